The molecule has 2 heterocycles. The van der Waals surface area contributed by atoms with Crippen molar-refractivity contribution in [2.24, 2.45) is 35.5 Å². The highest BCUT2D eigenvalue weighted by molar-refractivity contribution is 5.58. The van der Waals surface area contributed by atoms with Gasteiger partial charge in [0.05, 0.1) is 13.2 Å². The molecule has 8 saturated carbocycles. The third-order valence-corrected chi connectivity index (χ3v) is 11.9. The quantitative estimate of drug-likeness (QED) is 0.408. The zero-order chi connectivity index (χ0) is 23.5. The number of rotatable bonds is 8. The first-order chi connectivity index (χ1) is 17.6. The molecule has 11 rings (SSSR count). The Morgan fingerprint density at radius 3 is 1.53 bits per heavy atom. The van der Waals surface area contributed by atoms with E-state index in [4.69, 9.17) is 18.9 Å². The molecule has 1 aromatic carbocycles. The summed E-state index contributed by atoms with van der Waals surface area (Å²) < 4.78 is 24.9. The largest absolute Gasteiger partial charge is 0.490 e. The fraction of sp³-hybridized carbons (Fsp3) is 0.812. The minimum absolute atomic E-state index is 0.243. The first kappa shape index (κ1) is 21.6. The van der Waals surface area contributed by atoms with Crippen molar-refractivity contribution >= 4 is 0 Å². The molecule has 8 bridgehead atoms. The molecule has 0 amide bonds. The maximum absolute atomic E-state index is 7.00. The van der Waals surface area contributed by atoms with Crippen LogP contribution < -0.4 is 9.47 Å². The van der Waals surface area contributed by atoms with Crippen molar-refractivity contribution < 1.29 is 18.9 Å². The monoisotopic (exact) mass is 490 g/mol. The molecule has 4 nitrogen and oxygen atoms in total. The molecule has 0 radical (unpaired) electrons. The summed E-state index contributed by atoms with van der Waals surface area (Å²) in [6, 6.07) is 4.84. The van der Waals surface area contributed by atoms with Crippen LogP contribution in [-0.4, -0.2) is 38.6 Å². The van der Waals surface area contributed by atoms with Gasteiger partial charge in [-0.15, -0.1) is 0 Å². The van der Waals surface area contributed by atoms with E-state index in [1.807, 2.05) is 0 Å². The highest BCUT2D eigenvalue weighted by Gasteiger charge is 2.57. The lowest BCUT2D eigenvalue weighted by Crippen LogP contribution is -2.50. The average molecular weight is 491 g/mol. The third-order valence-electron chi connectivity index (χ3n) is 11.9. The van der Waals surface area contributed by atoms with Crippen molar-refractivity contribution in [2.45, 2.75) is 100 Å². The second-order valence-corrected chi connectivity index (χ2v) is 14.7. The summed E-state index contributed by atoms with van der Waals surface area (Å²) in [5, 5.41) is 0. The summed E-state index contributed by atoms with van der Waals surface area (Å²) >= 11 is 0. The Bertz CT molecular complexity index is 982. The minimum Gasteiger partial charge on any atom is -0.490 e. The SMILES string of the molecule is c1cc(C23CC4CC(CC(C4)C2)C3)c(OCC2CO2)c(C23CC4CC(CC(C4)C2)C3)c1OCC1CO1. The molecule has 0 N–H and O–H groups in total. The predicted octanol–water partition coefficient (Wildman–Crippen LogP) is 6.18. The molecule has 2 saturated heterocycles. The maximum atomic E-state index is 7.00. The van der Waals surface area contributed by atoms with Gasteiger partial charge in [0.15, 0.2) is 0 Å². The smallest absolute Gasteiger partial charge is 0.130 e. The predicted molar refractivity (Wildman–Crippen MR) is 137 cm³/mol. The molecular formula is C32H42O4. The van der Waals surface area contributed by atoms with Crippen LogP contribution in [-0.2, 0) is 20.3 Å². The van der Waals surface area contributed by atoms with Crippen molar-refractivity contribution in [3.05, 3.63) is 23.3 Å². The van der Waals surface area contributed by atoms with E-state index >= 15 is 0 Å². The van der Waals surface area contributed by atoms with Crippen LogP contribution >= 0.6 is 0 Å². The van der Waals surface area contributed by atoms with Crippen LogP contribution in [0.2, 0.25) is 0 Å². The summed E-state index contributed by atoms with van der Waals surface area (Å²) in [7, 11) is 0. The van der Waals surface area contributed by atoms with Crippen molar-refractivity contribution in [3.63, 3.8) is 0 Å². The molecule has 0 spiro atoms. The number of benzene rings is 1. The fourth-order valence-electron chi connectivity index (χ4n) is 11.3. The van der Waals surface area contributed by atoms with E-state index in [9.17, 15) is 0 Å². The van der Waals surface area contributed by atoms with Crippen LogP contribution in [0.15, 0.2) is 12.1 Å². The van der Waals surface area contributed by atoms with Gasteiger partial charge in [0.2, 0.25) is 0 Å². The van der Waals surface area contributed by atoms with Crippen LogP contribution in [0.3, 0.4) is 0 Å². The van der Waals surface area contributed by atoms with E-state index in [0.717, 1.165) is 54.5 Å². The van der Waals surface area contributed by atoms with Gasteiger partial charge in [-0.3, -0.25) is 0 Å². The molecule has 1 aromatic rings. The Balaban J connectivity index is 1.20. The van der Waals surface area contributed by atoms with Crippen molar-refractivity contribution in [2.75, 3.05) is 26.4 Å². The molecule has 10 aliphatic rings. The Morgan fingerprint density at radius 1 is 0.611 bits per heavy atom. The lowest BCUT2D eigenvalue weighted by molar-refractivity contribution is -0.0117. The van der Waals surface area contributed by atoms with E-state index in [2.05, 4.69) is 12.1 Å². The molecule has 36 heavy (non-hydrogen) atoms. The highest BCUT2D eigenvalue weighted by atomic mass is 16.6. The topological polar surface area (TPSA) is 43.5 Å². The molecule has 2 unspecified atom stereocenters. The van der Waals surface area contributed by atoms with Gasteiger partial charge in [0.25, 0.3) is 0 Å². The summed E-state index contributed by atoms with van der Waals surface area (Å²) in [6.07, 6.45) is 17.6. The lowest BCUT2D eigenvalue weighted by atomic mass is 9.46. The normalized spacial score (nSPS) is 48.9. The number of hydrogen-bond donors (Lipinski definition) is 0. The number of hydrogen-bond acceptors (Lipinski definition) is 4. The Morgan fingerprint density at radius 2 is 1.06 bits per heavy atom. The van der Waals surface area contributed by atoms with Gasteiger partial charge in [-0.2, -0.15) is 0 Å². The van der Waals surface area contributed by atoms with E-state index in [1.165, 1.54) is 88.4 Å². The Kier molecular flexibility index (Phi) is 4.60. The lowest BCUT2D eigenvalue weighted by Gasteiger charge is -2.59. The van der Waals surface area contributed by atoms with Gasteiger partial charge in [-0.05, 0) is 124 Å². The first-order valence-corrected chi connectivity index (χ1v) is 15.3. The minimum atomic E-state index is 0.243. The number of epoxide rings is 2. The van der Waals surface area contributed by atoms with Crippen molar-refractivity contribution in [1.82, 2.24) is 0 Å². The van der Waals surface area contributed by atoms with E-state index in [-0.39, 0.29) is 17.6 Å². The Labute approximate surface area is 215 Å². The molecule has 10 fully saturated rings. The molecular weight excluding hydrogens is 448 g/mol. The van der Waals surface area contributed by atoms with E-state index < -0.39 is 0 Å². The zero-order valence-electron chi connectivity index (χ0n) is 21.7. The van der Waals surface area contributed by atoms with Crippen molar-refractivity contribution in [3.8, 4) is 11.5 Å². The highest BCUT2D eigenvalue weighted by Crippen LogP contribution is 2.67. The van der Waals surface area contributed by atoms with Gasteiger partial charge in [0, 0.05) is 16.5 Å². The van der Waals surface area contributed by atoms with Gasteiger partial charge >= 0.3 is 0 Å². The standard InChI is InChI=1S/C32H42O4/c1-2-28(35-17-25-15-33-25)29(32-12-22-6-23(13-32)8-24(7-22)14-32)30(36-18-26-16-34-26)27(1)31-9-19-3-20(10-31)5-21(4-19)11-31/h1-2,19-26H,3-18H2. The molecule has 194 valence electrons. The second-order valence-electron chi connectivity index (χ2n) is 14.7. The third kappa shape index (κ3) is 3.45. The summed E-state index contributed by atoms with van der Waals surface area (Å²) in [6.45, 7) is 3.09. The van der Waals surface area contributed by atoms with Crippen LogP contribution in [0, 0.1) is 35.5 Å². The summed E-state index contributed by atoms with van der Waals surface area (Å²) in [5.74, 6) is 7.87. The molecule has 4 heteroatoms. The number of ether oxygens (including phenoxy) is 4. The van der Waals surface area contributed by atoms with Crippen LogP contribution in [0.4, 0.5) is 0 Å². The molecule has 8 aliphatic carbocycles. The molecule has 2 aliphatic heterocycles. The van der Waals surface area contributed by atoms with Crippen LogP contribution in [0.25, 0.3) is 0 Å². The van der Waals surface area contributed by atoms with Gasteiger partial charge < -0.3 is 18.9 Å². The molecule has 0 aromatic heterocycles. The second kappa shape index (κ2) is 7.65. The van der Waals surface area contributed by atoms with E-state index in [0.29, 0.717) is 18.6 Å². The van der Waals surface area contributed by atoms with Gasteiger partial charge in [-0.25, -0.2) is 0 Å². The van der Waals surface area contributed by atoms with Gasteiger partial charge in [-0.1, -0.05) is 6.07 Å². The van der Waals surface area contributed by atoms with E-state index in [1.54, 1.807) is 5.56 Å². The summed E-state index contributed by atoms with van der Waals surface area (Å²) in [4.78, 5) is 0. The fourth-order valence-corrected chi connectivity index (χ4v) is 11.3. The van der Waals surface area contributed by atoms with Crippen LogP contribution in [0.1, 0.15) is 88.2 Å². The summed E-state index contributed by atoms with van der Waals surface area (Å²) in [5.41, 5.74) is 3.61. The Hall–Kier alpha value is -1.26. The zero-order valence-corrected chi connectivity index (χ0v) is 21.7. The van der Waals surface area contributed by atoms with Crippen molar-refractivity contribution in [1.29, 1.82) is 0 Å². The van der Waals surface area contributed by atoms with Gasteiger partial charge in [0.1, 0.15) is 36.9 Å². The first-order valence-electron chi connectivity index (χ1n) is 15.3. The maximum Gasteiger partial charge on any atom is 0.130 e. The molecule has 2 atom stereocenters. The average Bonchev–Trinajstić information content (AvgIpc) is 3.75. The van der Waals surface area contributed by atoms with Crippen LogP contribution in [0.5, 0.6) is 11.5 Å².